The molecule has 1 heterocycles. The van der Waals surface area contributed by atoms with Crippen molar-refractivity contribution in [2.45, 2.75) is 70.9 Å². The number of nitrogens with zero attached hydrogens (tertiary/aromatic N) is 3. The van der Waals surface area contributed by atoms with Gasteiger partial charge in [-0.1, -0.05) is 74.5 Å². The van der Waals surface area contributed by atoms with E-state index in [1.54, 1.807) is 17.0 Å². The molecular formula is C34H38FN3O5. The van der Waals surface area contributed by atoms with Gasteiger partial charge in [0.2, 0.25) is 0 Å². The fourth-order valence-electron chi connectivity index (χ4n) is 5.21. The normalized spacial score (nSPS) is 12.7. The lowest BCUT2D eigenvalue weighted by Gasteiger charge is -2.24. The van der Waals surface area contributed by atoms with Crippen molar-refractivity contribution in [1.82, 2.24) is 14.5 Å². The molecule has 0 aliphatic rings. The molecule has 3 aromatic carbocycles. The smallest absolute Gasteiger partial charge is 0.305 e. The van der Waals surface area contributed by atoms with Gasteiger partial charge >= 0.3 is 5.97 Å². The van der Waals surface area contributed by atoms with Gasteiger partial charge in [-0.2, -0.15) is 0 Å². The Bertz CT molecular complexity index is 1450. The highest BCUT2D eigenvalue weighted by molar-refractivity contribution is 5.94. The number of carboxylic acid groups (broad SMARTS) is 1. The third-order valence-corrected chi connectivity index (χ3v) is 7.22. The quantitative estimate of drug-likeness (QED) is 0.176. The maximum absolute atomic E-state index is 14.4. The van der Waals surface area contributed by atoms with E-state index in [0.29, 0.717) is 30.2 Å². The first kappa shape index (κ1) is 31.6. The summed E-state index contributed by atoms with van der Waals surface area (Å²) in [6.45, 7) is 4.91. The zero-order chi connectivity index (χ0) is 30.9. The Morgan fingerprint density at radius 3 is 1.93 bits per heavy atom. The van der Waals surface area contributed by atoms with Crippen LogP contribution in [0, 0.1) is 5.82 Å². The molecule has 2 atom stereocenters. The molecule has 4 aromatic rings. The zero-order valence-corrected chi connectivity index (χ0v) is 24.4. The monoisotopic (exact) mass is 587 g/mol. The van der Waals surface area contributed by atoms with E-state index in [4.69, 9.17) is 10.1 Å². The van der Waals surface area contributed by atoms with Gasteiger partial charge in [0.05, 0.1) is 24.3 Å². The summed E-state index contributed by atoms with van der Waals surface area (Å²) in [5, 5.41) is 29.6. The summed E-state index contributed by atoms with van der Waals surface area (Å²) in [7, 11) is 0. The molecule has 0 spiro atoms. The Balaban J connectivity index is 1.73. The van der Waals surface area contributed by atoms with Gasteiger partial charge in [-0.05, 0) is 54.2 Å². The van der Waals surface area contributed by atoms with Gasteiger partial charge in [-0.15, -0.1) is 0 Å². The van der Waals surface area contributed by atoms with Crippen LogP contribution in [0.25, 0.3) is 11.4 Å². The van der Waals surface area contributed by atoms with Gasteiger partial charge < -0.3 is 24.8 Å². The van der Waals surface area contributed by atoms with Crippen molar-refractivity contribution >= 4 is 11.9 Å². The van der Waals surface area contributed by atoms with E-state index in [9.17, 15) is 24.2 Å². The summed E-state index contributed by atoms with van der Waals surface area (Å²) >= 11 is 0. The SMILES string of the molecule is CC(C)c1c(C(=O)N(Cc2ccccc2)Cc2ccccc2)nc(-c2ccc(F)cc2)n1CCC(O)CC(O)CC(=O)O. The van der Waals surface area contributed by atoms with Crippen molar-refractivity contribution in [2.24, 2.45) is 0 Å². The number of halogens is 1. The third kappa shape index (κ3) is 8.59. The summed E-state index contributed by atoms with van der Waals surface area (Å²) in [5.74, 6) is -1.47. The summed E-state index contributed by atoms with van der Waals surface area (Å²) < 4.78 is 15.7. The molecule has 0 saturated heterocycles. The minimum absolute atomic E-state index is 0.0996. The first-order valence-corrected chi connectivity index (χ1v) is 14.4. The highest BCUT2D eigenvalue weighted by atomic mass is 19.1. The topological polar surface area (TPSA) is 116 Å². The van der Waals surface area contributed by atoms with E-state index in [1.165, 1.54) is 12.1 Å². The van der Waals surface area contributed by atoms with Crippen molar-refractivity contribution in [3.05, 3.63) is 113 Å². The molecule has 3 N–H and O–H groups in total. The fourth-order valence-corrected chi connectivity index (χ4v) is 5.21. The Hall–Kier alpha value is -4.34. The molecule has 0 aliphatic heterocycles. The Labute approximate surface area is 251 Å². The van der Waals surface area contributed by atoms with Crippen molar-refractivity contribution in [1.29, 1.82) is 0 Å². The Morgan fingerprint density at radius 2 is 1.42 bits per heavy atom. The molecular weight excluding hydrogens is 549 g/mol. The number of carbonyl (C=O) groups excluding carboxylic acids is 1. The number of amides is 1. The van der Waals surface area contributed by atoms with Crippen LogP contribution in [0.3, 0.4) is 0 Å². The van der Waals surface area contributed by atoms with Crippen LogP contribution in [0.2, 0.25) is 0 Å². The zero-order valence-electron chi connectivity index (χ0n) is 24.4. The number of carboxylic acids is 1. The number of hydrogen-bond acceptors (Lipinski definition) is 5. The van der Waals surface area contributed by atoms with E-state index < -0.39 is 30.4 Å². The maximum atomic E-state index is 14.4. The summed E-state index contributed by atoms with van der Waals surface area (Å²) in [6, 6.07) is 25.3. The van der Waals surface area contributed by atoms with E-state index in [1.807, 2.05) is 79.1 Å². The Morgan fingerprint density at radius 1 is 0.860 bits per heavy atom. The molecule has 43 heavy (non-hydrogen) atoms. The highest BCUT2D eigenvalue weighted by Crippen LogP contribution is 2.30. The predicted octanol–water partition coefficient (Wildman–Crippen LogP) is 5.63. The second kappa shape index (κ2) is 14.7. The molecule has 226 valence electrons. The minimum Gasteiger partial charge on any atom is -0.481 e. The van der Waals surface area contributed by atoms with Crippen molar-refractivity contribution < 1.29 is 29.3 Å². The molecule has 0 bridgehead atoms. The van der Waals surface area contributed by atoms with Gasteiger partial charge in [0.25, 0.3) is 5.91 Å². The molecule has 9 heteroatoms. The van der Waals surface area contributed by atoms with Crippen molar-refractivity contribution in [3.8, 4) is 11.4 Å². The number of benzene rings is 3. The Kier molecular flexibility index (Phi) is 10.8. The lowest BCUT2D eigenvalue weighted by Crippen LogP contribution is -2.31. The van der Waals surface area contributed by atoms with Gasteiger partial charge in [0.1, 0.15) is 11.6 Å². The molecule has 1 amide bonds. The third-order valence-electron chi connectivity index (χ3n) is 7.22. The number of hydrogen-bond donors (Lipinski definition) is 3. The largest absolute Gasteiger partial charge is 0.481 e. The minimum atomic E-state index is -1.18. The molecule has 0 saturated carbocycles. The number of aliphatic hydroxyl groups excluding tert-OH is 2. The van der Waals surface area contributed by atoms with Crippen LogP contribution >= 0.6 is 0 Å². The van der Waals surface area contributed by atoms with E-state index in [2.05, 4.69) is 0 Å². The second-order valence-corrected chi connectivity index (χ2v) is 11.0. The number of rotatable bonds is 14. The first-order valence-electron chi connectivity index (χ1n) is 14.4. The molecule has 1 aromatic heterocycles. The average Bonchev–Trinajstić information content (AvgIpc) is 3.36. The number of carbonyl (C=O) groups is 2. The molecule has 2 unspecified atom stereocenters. The highest BCUT2D eigenvalue weighted by Gasteiger charge is 2.29. The number of imidazole rings is 1. The first-order chi connectivity index (χ1) is 20.6. The van der Waals surface area contributed by atoms with Crippen LogP contribution in [0.1, 0.15) is 66.3 Å². The van der Waals surface area contributed by atoms with Crippen LogP contribution < -0.4 is 0 Å². The van der Waals surface area contributed by atoms with Gasteiger partial charge in [0.15, 0.2) is 5.69 Å². The van der Waals surface area contributed by atoms with Crippen LogP contribution in [-0.4, -0.2) is 53.9 Å². The average molecular weight is 588 g/mol. The molecule has 0 fully saturated rings. The lowest BCUT2D eigenvalue weighted by molar-refractivity contribution is -0.139. The second-order valence-electron chi connectivity index (χ2n) is 11.0. The number of aliphatic hydroxyl groups is 2. The van der Waals surface area contributed by atoms with Crippen molar-refractivity contribution in [2.75, 3.05) is 0 Å². The van der Waals surface area contributed by atoms with Crippen LogP contribution in [0.15, 0.2) is 84.9 Å². The maximum Gasteiger partial charge on any atom is 0.305 e. The molecule has 0 radical (unpaired) electrons. The number of aromatic nitrogens is 2. The van der Waals surface area contributed by atoms with Crippen LogP contribution in [0.5, 0.6) is 0 Å². The summed E-state index contributed by atoms with van der Waals surface area (Å²) in [6.07, 6.45) is -2.54. The standard InChI is InChI=1S/C34H38FN3O5/c1-23(2)32-31(34(43)37(21-24-9-5-3-6-10-24)22-25-11-7-4-8-12-25)36-33(26-13-15-27(35)16-14-26)38(32)18-17-28(39)19-29(40)20-30(41)42/h3-16,23,28-29,39-40H,17-22H2,1-2H3,(H,41,42). The van der Waals surface area contributed by atoms with Gasteiger partial charge in [-0.3, -0.25) is 9.59 Å². The van der Waals surface area contributed by atoms with Crippen LogP contribution in [-0.2, 0) is 24.4 Å². The van der Waals surface area contributed by atoms with Crippen molar-refractivity contribution in [3.63, 3.8) is 0 Å². The van der Waals surface area contributed by atoms with Gasteiger partial charge in [-0.25, -0.2) is 9.37 Å². The summed E-state index contributed by atoms with van der Waals surface area (Å²) in [5.41, 5.74) is 3.51. The lowest BCUT2D eigenvalue weighted by atomic mass is 10.0. The predicted molar refractivity (Wildman–Crippen MR) is 162 cm³/mol. The fraction of sp³-hybridized carbons (Fsp3) is 0.324. The molecule has 8 nitrogen and oxygen atoms in total. The van der Waals surface area contributed by atoms with Crippen LogP contribution in [0.4, 0.5) is 4.39 Å². The number of aliphatic carboxylic acids is 1. The molecule has 0 aliphatic carbocycles. The summed E-state index contributed by atoms with van der Waals surface area (Å²) in [4.78, 5) is 31.9. The van der Waals surface area contributed by atoms with Gasteiger partial charge in [0, 0.05) is 25.2 Å². The van der Waals surface area contributed by atoms with E-state index >= 15 is 0 Å². The molecule has 4 rings (SSSR count). The van der Waals surface area contributed by atoms with E-state index in [-0.39, 0.29) is 36.9 Å². The van der Waals surface area contributed by atoms with E-state index in [0.717, 1.165) is 11.1 Å².